The van der Waals surface area contributed by atoms with Crippen molar-refractivity contribution in [3.8, 4) is 0 Å². The van der Waals surface area contributed by atoms with Gasteiger partial charge in [0, 0.05) is 42.3 Å². The van der Waals surface area contributed by atoms with Crippen LogP contribution in [0.5, 0.6) is 0 Å². The Morgan fingerprint density at radius 2 is 1.75 bits per heavy atom. The fourth-order valence-electron chi connectivity index (χ4n) is 4.14. The fraction of sp³-hybridized carbons (Fsp3) is 0.375. The van der Waals surface area contributed by atoms with Gasteiger partial charge in [0.05, 0.1) is 5.52 Å². The number of hydrogen-bond acceptors (Lipinski definition) is 5. The third kappa shape index (κ3) is 5.40. The predicted molar refractivity (Wildman–Crippen MR) is 139 cm³/mol. The summed E-state index contributed by atoms with van der Waals surface area (Å²) < 4.78 is 0. The highest BCUT2D eigenvalue weighted by Gasteiger charge is 2.23. The van der Waals surface area contributed by atoms with Gasteiger partial charge in [-0.05, 0) is 80.7 Å². The molecular formula is C24H29ClN6S. The molecule has 0 radical (unpaired) electrons. The zero-order valence-electron chi connectivity index (χ0n) is 18.7. The van der Waals surface area contributed by atoms with Crippen LogP contribution in [-0.4, -0.2) is 41.3 Å². The van der Waals surface area contributed by atoms with Crippen molar-refractivity contribution in [3.63, 3.8) is 0 Å². The predicted octanol–water partition coefficient (Wildman–Crippen LogP) is 5.37. The highest BCUT2D eigenvalue weighted by atomic mass is 35.5. The van der Waals surface area contributed by atoms with E-state index < -0.39 is 0 Å². The zero-order valence-corrected chi connectivity index (χ0v) is 20.2. The third-order valence-corrected chi connectivity index (χ3v) is 6.29. The van der Waals surface area contributed by atoms with Crippen LogP contribution in [0.2, 0.25) is 5.02 Å². The molecule has 1 aliphatic rings. The molecule has 1 heterocycles. The number of benzene rings is 2. The Kier molecular flexibility index (Phi) is 6.96. The van der Waals surface area contributed by atoms with Crippen LogP contribution < -0.4 is 20.9 Å². The van der Waals surface area contributed by atoms with Crippen molar-refractivity contribution < 1.29 is 0 Å². The molecule has 0 atom stereocenters. The van der Waals surface area contributed by atoms with E-state index in [4.69, 9.17) is 33.8 Å². The summed E-state index contributed by atoms with van der Waals surface area (Å²) in [5.41, 5.74) is 3.01. The lowest BCUT2D eigenvalue weighted by Gasteiger charge is -2.30. The van der Waals surface area contributed by atoms with Crippen LogP contribution in [0.25, 0.3) is 10.9 Å². The quantitative estimate of drug-likeness (QED) is 0.435. The maximum atomic E-state index is 6.04. The summed E-state index contributed by atoms with van der Waals surface area (Å²) in [6.07, 6.45) is 4.14. The molecule has 32 heavy (non-hydrogen) atoms. The molecule has 3 aromatic rings. The fourth-order valence-corrected chi connectivity index (χ4v) is 4.64. The van der Waals surface area contributed by atoms with E-state index in [2.05, 4.69) is 22.0 Å². The van der Waals surface area contributed by atoms with Gasteiger partial charge in [0.25, 0.3) is 0 Å². The third-order valence-electron chi connectivity index (χ3n) is 5.84. The highest BCUT2D eigenvalue weighted by molar-refractivity contribution is 7.80. The Bertz CT molecular complexity index is 1110. The molecule has 8 heteroatoms. The first kappa shape index (κ1) is 22.6. The molecule has 0 spiro atoms. The minimum absolute atomic E-state index is 0.351. The van der Waals surface area contributed by atoms with E-state index >= 15 is 0 Å². The molecule has 0 bridgehead atoms. The van der Waals surface area contributed by atoms with Crippen molar-refractivity contribution in [2.24, 2.45) is 0 Å². The van der Waals surface area contributed by atoms with Crippen LogP contribution in [0.4, 0.5) is 17.5 Å². The molecule has 1 aromatic heterocycles. The smallest absolute Gasteiger partial charge is 0.225 e. The van der Waals surface area contributed by atoms with Crippen molar-refractivity contribution in [3.05, 3.63) is 53.1 Å². The Balaban J connectivity index is 1.32. The number of halogens is 1. The summed E-state index contributed by atoms with van der Waals surface area (Å²) in [6.45, 7) is 2.02. The number of para-hydroxylation sites is 1. The van der Waals surface area contributed by atoms with Crippen LogP contribution in [0.3, 0.4) is 0 Å². The summed E-state index contributed by atoms with van der Waals surface area (Å²) >= 11 is 11.6. The maximum Gasteiger partial charge on any atom is 0.225 e. The summed E-state index contributed by atoms with van der Waals surface area (Å²) in [5, 5.41) is 12.8. The van der Waals surface area contributed by atoms with Gasteiger partial charge in [0.15, 0.2) is 5.11 Å². The van der Waals surface area contributed by atoms with E-state index in [1.807, 2.05) is 62.3 Å². The van der Waals surface area contributed by atoms with Gasteiger partial charge >= 0.3 is 0 Å². The van der Waals surface area contributed by atoms with E-state index in [0.717, 1.165) is 58.7 Å². The van der Waals surface area contributed by atoms with Gasteiger partial charge in [-0.15, -0.1) is 0 Å². The number of nitrogens with zero attached hydrogens (tertiary/aromatic N) is 3. The van der Waals surface area contributed by atoms with Crippen molar-refractivity contribution in [2.75, 3.05) is 29.6 Å². The zero-order chi connectivity index (χ0) is 22.7. The second kappa shape index (κ2) is 9.88. The number of anilines is 3. The molecule has 0 saturated heterocycles. The Morgan fingerprint density at radius 3 is 2.47 bits per heavy atom. The average molecular weight is 469 g/mol. The van der Waals surface area contributed by atoms with Crippen LogP contribution in [-0.2, 0) is 0 Å². The summed E-state index contributed by atoms with van der Waals surface area (Å²) in [7, 11) is 4.02. The molecule has 0 aliphatic heterocycles. The molecule has 3 N–H and O–H groups in total. The number of aryl methyl sites for hydroxylation is 1. The van der Waals surface area contributed by atoms with Crippen molar-refractivity contribution in [2.45, 2.75) is 44.7 Å². The van der Waals surface area contributed by atoms with E-state index in [1.54, 1.807) is 0 Å². The topological polar surface area (TPSA) is 65.1 Å². The van der Waals surface area contributed by atoms with Crippen molar-refractivity contribution in [1.82, 2.24) is 15.3 Å². The number of thiocarbonyl (C=S) groups is 1. The van der Waals surface area contributed by atoms with Crippen LogP contribution in [0.1, 0.15) is 31.2 Å². The summed E-state index contributed by atoms with van der Waals surface area (Å²) in [5.74, 6) is 1.63. The molecule has 0 unspecified atom stereocenters. The van der Waals surface area contributed by atoms with Crippen LogP contribution >= 0.6 is 23.8 Å². The minimum Gasteiger partial charge on any atom is -0.362 e. The van der Waals surface area contributed by atoms with Crippen LogP contribution in [0.15, 0.2) is 42.5 Å². The van der Waals surface area contributed by atoms with E-state index in [0.29, 0.717) is 23.1 Å². The van der Waals surface area contributed by atoms with Crippen LogP contribution in [0, 0.1) is 6.92 Å². The van der Waals surface area contributed by atoms with E-state index in [-0.39, 0.29) is 0 Å². The molecule has 1 aliphatic carbocycles. The summed E-state index contributed by atoms with van der Waals surface area (Å²) in [6, 6.07) is 14.6. The minimum atomic E-state index is 0.351. The van der Waals surface area contributed by atoms with Gasteiger partial charge in [-0.2, -0.15) is 4.98 Å². The van der Waals surface area contributed by atoms with Gasteiger partial charge in [0.1, 0.15) is 5.82 Å². The Hall–Kier alpha value is -2.64. The van der Waals surface area contributed by atoms with Gasteiger partial charge in [-0.1, -0.05) is 23.7 Å². The van der Waals surface area contributed by atoms with Crippen molar-refractivity contribution >= 4 is 57.3 Å². The lowest BCUT2D eigenvalue weighted by Crippen LogP contribution is -2.42. The number of hydrogen-bond donors (Lipinski definition) is 3. The lowest BCUT2D eigenvalue weighted by atomic mass is 9.91. The molecule has 1 saturated carbocycles. The standard InChI is InChI=1S/C24H29ClN6S/c1-15-14-16(25)8-13-20(15)29-24(32)27-18-11-9-17(10-12-18)26-23-28-21-7-5-4-6-19(21)22(30-23)31(2)3/h4-8,13-14,17-18H,9-12H2,1-3H3,(H,26,28,30)(H2,27,29,32)/t17-,18+. The highest BCUT2D eigenvalue weighted by Crippen LogP contribution is 2.26. The summed E-state index contributed by atoms with van der Waals surface area (Å²) in [4.78, 5) is 11.5. The monoisotopic (exact) mass is 468 g/mol. The first-order valence-electron chi connectivity index (χ1n) is 10.9. The number of aromatic nitrogens is 2. The SMILES string of the molecule is Cc1cc(Cl)ccc1NC(=S)N[C@H]1CC[C@@H](Nc2nc(N(C)C)c3ccccc3n2)CC1. The Labute approximate surface area is 199 Å². The molecular weight excluding hydrogens is 440 g/mol. The second-order valence-corrected chi connectivity index (χ2v) is 9.38. The average Bonchev–Trinajstić information content (AvgIpc) is 2.76. The van der Waals surface area contributed by atoms with E-state index in [1.165, 1.54) is 0 Å². The second-order valence-electron chi connectivity index (χ2n) is 8.53. The largest absolute Gasteiger partial charge is 0.362 e. The molecule has 0 amide bonds. The normalized spacial score (nSPS) is 18.2. The molecule has 4 rings (SSSR count). The Morgan fingerprint density at radius 1 is 1.03 bits per heavy atom. The van der Waals surface area contributed by atoms with Gasteiger partial charge in [0.2, 0.25) is 5.95 Å². The van der Waals surface area contributed by atoms with E-state index in [9.17, 15) is 0 Å². The molecule has 2 aromatic carbocycles. The number of nitrogens with one attached hydrogen (secondary N) is 3. The maximum absolute atomic E-state index is 6.04. The lowest BCUT2D eigenvalue weighted by molar-refractivity contribution is 0.387. The first-order chi connectivity index (χ1) is 15.4. The number of fused-ring (bicyclic) bond motifs is 1. The number of rotatable bonds is 5. The first-order valence-corrected chi connectivity index (χ1v) is 11.7. The van der Waals surface area contributed by atoms with Gasteiger partial charge < -0.3 is 20.9 Å². The van der Waals surface area contributed by atoms with Gasteiger partial charge in [-0.3, -0.25) is 0 Å². The molecule has 1 fully saturated rings. The molecule has 168 valence electrons. The van der Waals surface area contributed by atoms with Crippen molar-refractivity contribution in [1.29, 1.82) is 0 Å². The van der Waals surface area contributed by atoms with Gasteiger partial charge in [-0.25, -0.2) is 4.98 Å². The molecule has 6 nitrogen and oxygen atoms in total.